The van der Waals surface area contributed by atoms with Crippen molar-refractivity contribution in [3.8, 4) is 11.1 Å². The highest BCUT2D eigenvalue weighted by Crippen LogP contribution is 2.30. The van der Waals surface area contributed by atoms with E-state index in [9.17, 15) is 9.59 Å². The van der Waals surface area contributed by atoms with Crippen LogP contribution in [0.5, 0.6) is 0 Å². The molecule has 162 valence electrons. The van der Waals surface area contributed by atoms with Gasteiger partial charge in [-0.1, -0.05) is 41.9 Å². The van der Waals surface area contributed by atoms with Crippen LogP contribution >= 0.6 is 11.6 Å². The third-order valence-corrected chi connectivity index (χ3v) is 6.45. The molecular weight excluding hydrogens is 422 g/mol. The first kappa shape index (κ1) is 19.4. The standard InChI is InChI=1S/C26H24ClN3O2/c27-20-8-5-17(6-9-20)22-3-1-2-4-24(22)29-21-11-13-30(14-12-21)26(32)18-7-10-23-19(15-18)16-28-25(23)31/h1-10,15,21,29H,11-14,16H2,(H,28,31)/i/hD. The molecule has 1 fully saturated rings. The summed E-state index contributed by atoms with van der Waals surface area (Å²) in [5.74, 6) is -0.330. The molecule has 2 aliphatic rings. The second-order valence-corrected chi connectivity index (χ2v) is 8.69. The van der Waals surface area contributed by atoms with Crippen molar-refractivity contribution >= 4 is 29.1 Å². The maximum atomic E-state index is 13.0. The molecule has 2 amide bonds. The third kappa shape index (κ3) is 4.08. The highest BCUT2D eigenvalue weighted by Gasteiger charge is 2.26. The number of amides is 2. The minimum atomic E-state index is -0.310. The molecule has 0 saturated carbocycles. The highest BCUT2D eigenvalue weighted by atomic mass is 35.5. The van der Waals surface area contributed by atoms with E-state index >= 15 is 0 Å². The Labute approximate surface area is 193 Å². The summed E-state index contributed by atoms with van der Waals surface area (Å²) in [6.45, 7) is 1.56. The first-order valence-corrected chi connectivity index (χ1v) is 11.2. The summed E-state index contributed by atoms with van der Waals surface area (Å²) in [5, 5.41) is 5.32. The van der Waals surface area contributed by atoms with Gasteiger partial charge in [-0.05, 0) is 60.4 Å². The van der Waals surface area contributed by atoms with Crippen molar-refractivity contribution in [2.75, 3.05) is 18.4 Å². The lowest BCUT2D eigenvalue weighted by atomic mass is 9.99. The number of carbonyl (C=O) groups excluding carboxylic acids is 2. The first-order valence-electron chi connectivity index (χ1n) is 11.3. The second kappa shape index (κ2) is 8.67. The van der Waals surface area contributed by atoms with Gasteiger partial charge < -0.3 is 15.5 Å². The number of rotatable bonds is 4. The molecule has 5 rings (SSSR count). The molecule has 3 aromatic rings. The Morgan fingerprint density at radius 1 is 1.03 bits per heavy atom. The van der Waals surface area contributed by atoms with Crippen molar-refractivity contribution in [3.63, 3.8) is 0 Å². The predicted molar refractivity (Wildman–Crippen MR) is 127 cm³/mol. The van der Waals surface area contributed by atoms with Gasteiger partial charge in [-0.2, -0.15) is 0 Å². The number of para-hydroxylation sites is 1. The third-order valence-electron chi connectivity index (χ3n) is 6.20. The summed E-state index contributed by atoms with van der Waals surface area (Å²) in [4.78, 5) is 26.8. The zero-order chi connectivity index (χ0) is 22.9. The van der Waals surface area contributed by atoms with Gasteiger partial charge in [-0.25, -0.2) is 0 Å². The fourth-order valence-corrected chi connectivity index (χ4v) is 4.55. The summed E-state index contributed by atoms with van der Waals surface area (Å²) >= 11 is 6.05. The highest BCUT2D eigenvalue weighted by molar-refractivity contribution is 6.30. The number of likely N-dealkylation sites (tertiary alicyclic amines) is 1. The molecule has 5 nitrogen and oxygen atoms in total. The number of fused-ring (bicyclic) bond motifs is 1. The molecule has 0 radical (unpaired) electrons. The number of halogens is 1. The van der Waals surface area contributed by atoms with Crippen LogP contribution in [0.15, 0.2) is 66.7 Å². The van der Waals surface area contributed by atoms with Gasteiger partial charge in [0.15, 0.2) is 1.41 Å². The Hall–Kier alpha value is -3.31. The van der Waals surface area contributed by atoms with Crippen LogP contribution in [-0.4, -0.2) is 35.8 Å². The van der Waals surface area contributed by atoms with Gasteiger partial charge in [0.05, 0.1) is 0 Å². The van der Waals surface area contributed by atoms with E-state index in [1.54, 1.807) is 18.2 Å². The molecule has 1 saturated heterocycles. The van der Waals surface area contributed by atoms with Gasteiger partial charge in [-0.3, -0.25) is 9.59 Å². The molecule has 0 aliphatic carbocycles. The molecule has 2 aliphatic heterocycles. The van der Waals surface area contributed by atoms with Crippen LogP contribution in [0.4, 0.5) is 5.69 Å². The lowest BCUT2D eigenvalue weighted by Crippen LogP contribution is -2.42. The van der Waals surface area contributed by atoms with E-state index in [0.29, 0.717) is 29.2 Å². The average molecular weight is 447 g/mol. The van der Waals surface area contributed by atoms with Crippen molar-refractivity contribution in [2.24, 2.45) is 0 Å². The Morgan fingerprint density at radius 3 is 2.56 bits per heavy atom. The van der Waals surface area contributed by atoms with Gasteiger partial charge in [-0.15, -0.1) is 0 Å². The molecule has 3 aromatic carbocycles. The monoisotopic (exact) mass is 446 g/mol. The normalized spacial score (nSPS) is 16.7. The number of hydrogen-bond donors (Lipinski definition) is 2. The Kier molecular flexibility index (Phi) is 5.25. The topological polar surface area (TPSA) is 61.4 Å². The fraction of sp³-hybridized carbons (Fsp3) is 0.231. The summed E-state index contributed by atoms with van der Waals surface area (Å²) in [7, 11) is 0. The average Bonchev–Trinajstić information content (AvgIpc) is 3.13. The minimum absolute atomic E-state index is 0.0197. The maximum Gasteiger partial charge on any atom is 0.253 e. The molecule has 0 spiro atoms. The second-order valence-electron chi connectivity index (χ2n) is 8.26. The lowest BCUT2D eigenvalue weighted by Gasteiger charge is -2.33. The summed E-state index contributed by atoms with van der Waals surface area (Å²) in [5.41, 5.74) is 5.16. The van der Waals surface area contributed by atoms with E-state index in [2.05, 4.69) is 17.4 Å². The van der Waals surface area contributed by atoms with Crippen LogP contribution in [0.3, 0.4) is 0 Å². The zero-order valence-corrected chi connectivity index (χ0v) is 18.3. The van der Waals surface area contributed by atoms with Crippen molar-refractivity contribution in [1.29, 1.82) is 0 Å². The number of hydrogen-bond acceptors (Lipinski definition) is 3. The fourth-order valence-electron chi connectivity index (χ4n) is 4.43. The van der Waals surface area contributed by atoms with E-state index < -0.39 is 0 Å². The Bertz CT molecular complexity index is 1210. The van der Waals surface area contributed by atoms with Crippen LogP contribution in [-0.2, 0) is 6.54 Å². The van der Waals surface area contributed by atoms with Gasteiger partial charge in [0.1, 0.15) is 0 Å². The molecule has 32 heavy (non-hydrogen) atoms. The number of benzene rings is 3. The van der Waals surface area contributed by atoms with Crippen LogP contribution in [0.2, 0.25) is 6.43 Å². The summed E-state index contributed by atoms with van der Waals surface area (Å²) in [6.07, 6.45) is 1.70. The number of piperidine rings is 1. The quantitative estimate of drug-likeness (QED) is 0.595. The molecule has 0 aromatic heterocycles. The van der Waals surface area contributed by atoms with Gasteiger partial charge in [0.2, 0.25) is 0 Å². The smallest absolute Gasteiger partial charge is 0.253 e. The van der Waals surface area contributed by atoms with E-state index in [1.165, 1.54) is 0 Å². The number of nitrogens with zero attached hydrogens (tertiary/aromatic N) is 1. The van der Waals surface area contributed by atoms with Crippen molar-refractivity contribution in [2.45, 2.75) is 25.4 Å². The number of nitrogens with one attached hydrogen (secondary N) is 2. The number of carbonyl (C=O) groups is 2. The Balaban J connectivity index is 1.24. The number of anilines is 1. The maximum absolute atomic E-state index is 13.0. The Morgan fingerprint density at radius 2 is 1.78 bits per heavy atom. The van der Waals surface area contributed by atoms with Crippen molar-refractivity contribution in [1.82, 2.24) is 10.2 Å². The van der Waals surface area contributed by atoms with Crippen molar-refractivity contribution in [3.05, 3.63) is 88.4 Å². The first-order chi connectivity index (χ1) is 16.0. The van der Waals surface area contributed by atoms with Crippen molar-refractivity contribution < 1.29 is 11.0 Å². The molecule has 2 heterocycles. The van der Waals surface area contributed by atoms with Crippen LogP contribution in [0.25, 0.3) is 11.1 Å². The van der Waals surface area contributed by atoms with Gasteiger partial charge in [0.25, 0.3) is 11.8 Å². The van der Waals surface area contributed by atoms with Crippen LogP contribution in [0.1, 0.15) is 39.1 Å². The van der Waals surface area contributed by atoms with Crippen LogP contribution < -0.4 is 10.6 Å². The molecule has 0 unspecified atom stereocenters. The van der Waals surface area contributed by atoms with E-state index in [-0.39, 0.29) is 24.4 Å². The molecule has 6 heteroatoms. The largest absolute Gasteiger partial charge is 0.382 e. The SMILES string of the molecule is [2H]N1Cc2cc(C(=O)N3CCC(Nc4ccccc4-c4ccc(Cl)cc4)CC3)ccc2C1=O. The zero-order valence-electron chi connectivity index (χ0n) is 18.6. The molecule has 0 bridgehead atoms. The van der Waals surface area contributed by atoms with E-state index in [1.807, 2.05) is 41.3 Å². The predicted octanol–water partition coefficient (Wildman–Crippen LogP) is 4.97. The molecule has 2 N–H and O–H groups in total. The summed E-state index contributed by atoms with van der Waals surface area (Å²) in [6, 6.07) is 21.5. The van der Waals surface area contributed by atoms with E-state index in [4.69, 9.17) is 13.0 Å². The molecule has 0 atom stereocenters. The van der Waals surface area contributed by atoms with Gasteiger partial charge >= 0.3 is 0 Å². The van der Waals surface area contributed by atoms with Gasteiger partial charge in [0, 0.05) is 53.1 Å². The lowest BCUT2D eigenvalue weighted by molar-refractivity contribution is 0.0718. The summed E-state index contributed by atoms with van der Waals surface area (Å²) < 4.78 is 7.67. The van der Waals surface area contributed by atoms with Crippen LogP contribution in [0, 0.1) is 0 Å². The minimum Gasteiger partial charge on any atom is -0.382 e. The molecular formula is C26H24ClN3O2. The van der Waals surface area contributed by atoms with E-state index in [0.717, 1.165) is 40.5 Å².